The maximum Gasteiger partial charge on any atom is 0.192 e. The Balaban J connectivity index is 1.53. The molecule has 3 saturated carbocycles. The Morgan fingerprint density at radius 2 is 1.78 bits per heavy atom. The molecule has 0 N–H and O–H groups in total. The van der Waals surface area contributed by atoms with Crippen molar-refractivity contribution in [2.24, 2.45) is 35.0 Å². The van der Waals surface area contributed by atoms with E-state index in [2.05, 4.69) is 46.9 Å². The first-order chi connectivity index (χ1) is 12.5. The van der Waals surface area contributed by atoms with Crippen LogP contribution in [0.5, 0.6) is 0 Å². The van der Waals surface area contributed by atoms with E-state index in [9.17, 15) is 4.79 Å². The van der Waals surface area contributed by atoms with Crippen molar-refractivity contribution in [2.75, 3.05) is 0 Å². The van der Waals surface area contributed by atoms with Crippen molar-refractivity contribution in [2.45, 2.75) is 96.9 Å². The number of rotatable bonds is 2. The minimum absolute atomic E-state index is 0.283. The van der Waals surface area contributed by atoms with Crippen molar-refractivity contribution >= 4 is 14.1 Å². The molecule has 0 saturated heterocycles. The zero-order valence-electron chi connectivity index (χ0n) is 18.4. The average Bonchev–Trinajstić information content (AvgIpc) is 2.90. The van der Waals surface area contributed by atoms with Crippen molar-refractivity contribution in [3.8, 4) is 0 Å². The van der Waals surface area contributed by atoms with Crippen LogP contribution in [0.2, 0.25) is 18.1 Å². The van der Waals surface area contributed by atoms with Crippen LogP contribution in [0.15, 0.2) is 12.2 Å². The lowest BCUT2D eigenvalue weighted by molar-refractivity contribution is -0.127. The maximum absolute atomic E-state index is 12.4. The third kappa shape index (κ3) is 3.12. The summed E-state index contributed by atoms with van der Waals surface area (Å²) in [6, 6.07) is 0. The summed E-state index contributed by atoms with van der Waals surface area (Å²) in [5, 5.41) is 0.283. The minimum atomic E-state index is -1.73. The number of carbonyl (C=O) groups is 1. The third-order valence-electron chi connectivity index (χ3n) is 9.58. The second-order valence-electron chi connectivity index (χ2n) is 11.8. The van der Waals surface area contributed by atoms with E-state index >= 15 is 0 Å². The molecule has 0 aliphatic heterocycles. The third-order valence-corrected chi connectivity index (χ3v) is 14.1. The van der Waals surface area contributed by atoms with Gasteiger partial charge in [-0.2, -0.15) is 0 Å². The van der Waals surface area contributed by atoms with E-state index in [-0.39, 0.29) is 5.04 Å². The highest BCUT2D eigenvalue weighted by Crippen LogP contribution is 2.63. The highest BCUT2D eigenvalue weighted by atomic mass is 28.4. The van der Waals surface area contributed by atoms with Gasteiger partial charge in [0.2, 0.25) is 0 Å². The number of hydrogen-bond donors (Lipinski definition) is 0. The summed E-state index contributed by atoms with van der Waals surface area (Å²) >= 11 is 0. The predicted molar refractivity (Wildman–Crippen MR) is 114 cm³/mol. The maximum atomic E-state index is 12.4. The second kappa shape index (κ2) is 6.55. The number of allylic oxidation sites excluding steroid dienone is 2. The fourth-order valence-corrected chi connectivity index (χ4v) is 8.44. The molecule has 7 atom stereocenters. The van der Waals surface area contributed by atoms with Crippen LogP contribution < -0.4 is 0 Å². The van der Waals surface area contributed by atoms with Crippen LogP contribution in [0.4, 0.5) is 0 Å². The Morgan fingerprint density at radius 1 is 1.04 bits per heavy atom. The van der Waals surface area contributed by atoms with Crippen LogP contribution in [-0.4, -0.2) is 20.2 Å². The van der Waals surface area contributed by atoms with Crippen molar-refractivity contribution < 1.29 is 9.22 Å². The predicted octanol–water partition coefficient (Wildman–Crippen LogP) is 6.37. The normalized spacial score (nSPS) is 44.6. The average molecular weight is 389 g/mol. The van der Waals surface area contributed by atoms with Crippen LogP contribution >= 0.6 is 0 Å². The largest absolute Gasteiger partial charge is 0.413 e. The van der Waals surface area contributed by atoms with Crippen molar-refractivity contribution in [3.05, 3.63) is 12.2 Å². The van der Waals surface area contributed by atoms with Gasteiger partial charge in [0.1, 0.15) is 0 Å². The molecule has 4 rings (SSSR count). The molecule has 2 nitrogen and oxygen atoms in total. The molecule has 3 heteroatoms. The molecule has 27 heavy (non-hydrogen) atoms. The molecule has 0 radical (unpaired) electrons. The lowest BCUT2D eigenvalue weighted by Crippen LogP contribution is -2.53. The molecule has 3 fully saturated rings. The van der Waals surface area contributed by atoms with Crippen molar-refractivity contribution in [1.82, 2.24) is 0 Å². The van der Waals surface area contributed by atoms with Gasteiger partial charge < -0.3 is 4.43 Å². The summed E-state index contributed by atoms with van der Waals surface area (Å²) in [6.45, 7) is 14.5. The van der Waals surface area contributed by atoms with Gasteiger partial charge in [-0.1, -0.05) is 33.8 Å². The standard InChI is InChI=1S/C24H40O2Si/c1-23(2,3)27(5,6)26-22-13-12-20-18-10-11-19-16(8-7-9-21(19)25)17(18)14-15-24(20,22)4/h7,9,16-20,22H,8,10-15H2,1-6H3/t16-,17-,18-,19?,20+,22+,24+/m1/s1. The van der Waals surface area contributed by atoms with Gasteiger partial charge in [-0.25, -0.2) is 0 Å². The van der Waals surface area contributed by atoms with Gasteiger partial charge in [-0.3, -0.25) is 4.79 Å². The van der Waals surface area contributed by atoms with E-state index in [4.69, 9.17) is 4.43 Å². The number of carbonyl (C=O) groups excluding carboxylic acids is 1. The van der Waals surface area contributed by atoms with Gasteiger partial charge in [0, 0.05) is 5.92 Å². The molecule has 0 amide bonds. The van der Waals surface area contributed by atoms with Gasteiger partial charge >= 0.3 is 0 Å². The highest BCUT2D eigenvalue weighted by Gasteiger charge is 2.58. The molecule has 0 aromatic rings. The Kier molecular flexibility index (Phi) is 4.83. The summed E-state index contributed by atoms with van der Waals surface area (Å²) in [5.41, 5.74) is 0.359. The molecular weight excluding hydrogens is 348 g/mol. The molecule has 0 heterocycles. The molecular formula is C24H40O2Si. The number of ketones is 1. The Morgan fingerprint density at radius 3 is 2.48 bits per heavy atom. The van der Waals surface area contributed by atoms with E-state index in [1.807, 2.05) is 6.08 Å². The number of hydrogen-bond acceptors (Lipinski definition) is 2. The Bertz CT molecular complexity index is 631. The summed E-state index contributed by atoms with van der Waals surface area (Å²) in [7, 11) is -1.73. The zero-order chi connectivity index (χ0) is 19.6. The molecule has 0 spiro atoms. The van der Waals surface area contributed by atoms with E-state index < -0.39 is 8.32 Å². The molecule has 152 valence electrons. The Hall–Kier alpha value is -0.413. The summed E-state index contributed by atoms with van der Waals surface area (Å²) in [4.78, 5) is 12.4. The van der Waals surface area contributed by atoms with Gasteiger partial charge in [-0.05, 0) is 98.2 Å². The first-order valence-corrected chi connectivity index (χ1v) is 14.3. The lowest BCUT2D eigenvalue weighted by Gasteiger charge is -2.55. The first-order valence-electron chi connectivity index (χ1n) is 11.4. The fraction of sp³-hybridized carbons (Fsp3) is 0.875. The van der Waals surface area contributed by atoms with E-state index in [1.165, 1.54) is 32.1 Å². The van der Waals surface area contributed by atoms with Crippen LogP contribution in [0, 0.1) is 35.0 Å². The quantitative estimate of drug-likeness (QED) is 0.513. The zero-order valence-corrected chi connectivity index (χ0v) is 19.4. The minimum Gasteiger partial charge on any atom is -0.413 e. The van der Waals surface area contributed by atoms with Crippen molar-refractivity contribution in [3.63, 3.8) is 0 Å². The molecule has 0 aromatic carbocycles. The van der Waals surface area contributed by atoms with Gasteiger partial charge in [0.05, 0.1) is 6.10 Å². The van der Waals surface area contributed by atoms with E-state index in [0.29, 0.717) is 29.1 Å². The SMILES string of the molecule is CC(C)(C)[Si](C)(C)O[C@H]1CC[C@H]2[C@@H]3CCC4C(=O)C=CC[C@@H]4[C@H]3CC[C@]12C. The fourth-order valence-electron chi connectivity index (χ4n) is 6.98. The molecule has 0 bridgehead atoms. The first kappa shape index (κ1) is 19.9. The molecule has 1 unspecified atom stereocenters. The summed E-state index contributed by atoms with van der Waals surface area (Å²) < 4.78 is 7.01. The molecule has 0 aromatic heterocycles. The topological polar surface area (TPSA) is 26.3 Å². The smallest absolute Gasteiger partial charge is 0.192 e. The highest BCUT2D eigenvalue weighted by molar-refractivity contribution is 6.74. The second-order valence-corrected chi connectivity index (χ2v) is 16.6. The monoisotopic (exact) mass is 388 g/mol. The van der Waals surface area contributed by atoms with Crippen LogP contribution in [0.3, 0.4) is 0 Å². The molecule has 4 aliphatic rings. The van der Waals surface area contributed by atoms with Crippen LogP contribution in [-0.2, 0) is 9.22 Å². The van der Waals surface area contributed by atoms with Gasteiger partial charge in [0.25, 0.3) is 0 Å². The van der Waals surface area contributed by atoms with E-state index in [1.54, 1.807) is 0 Å². The summed E-state index contributed by atoms with van der Waals surface area (Å²) in [6.07, 6.45) is 13.3. The number of fused-ring (bicyclic) bond motifs is 5. The van der Waals surface area contributed by atoms with Crippen molar-refractivity contribution in [1.29, 1.82) is 0 Å². The molecule has 4 aliphatic carbocycles. The van der Waals surface area contributed by atoms with Gasteiger partial charge in [-0.15, -0.1) is 0 Å². The Labute approximate surface area is 167 Å². The van der Waals surface area contributed by atoms with Gasteiger partial charge in [0.15, 0.2) is 14.1 Å². The lowest BCUT2D eigenvalue weighted by atomic mass is 9.51. The van der Waals surface area contributed by atoms with E-state index in [0.717, 1.165) is 30.6 Å². The summed E-state index contributed by atoms with van der Waals surface area (Å²) in [5.74, 6) is 3.81. The van der Waals surface area contributed by atoms with Crippen LogP contribution in [0.25, 0.3) is 0 Å². The van der Waals surface area contributed by atoms with Crippen LogP contribution in [0.1, 0.15) is 72.6 Å².